The number of nitrogens with zero attached hydrogens (tertiary/aromatic N) is 4. The lowest BCUT2D eigenvalue weighted by molar-refractivity contribution is -0.130. The molecule has 1 aromatic heterocycles. The highest BCUT2D eigenvalue weighted by Gasteiger charge is 2.21. The number of hydrogen-bond donors (Lipinski definition) is 1. The molecule has 3 rings (SSSR count). The third-order valence-corrected chi connectivity index (χ3v) is 6.44. The molecule has 27 heavy (non-hydrogen) atoms. The van der Waals surface area contributed by atoms with Crippen molar-refractivity contribution in [3.63, 3.8) is 0 Å². The van der Waals surface area contributed by atoms with Crippen LogP contribution in [-0.4, -0.2) is 70.3 Å². The van der Waals surface area contributed by atoms with Crippen molar-refractivity contribution in [3.8, 4) is 0 Å². The summed E-state index contributed by atoms with van der Waals surface area (Å²) in [6.07, 6.45) is 0. The second kappa shape index (κ2) is 9.29. The van der Waals surface area contributed by atoms with Crippen molar-refractivity contribution in [1.82, 2.24) is 20.0 Å². The molecule has 9 heteroatoms. The number of piperazine rings is 1. The largest absolute Gasteiger partial charge is 0.339 e. The van der Waals surface area contributed by atoms with E-state index >= 15 is 0 Å². The number of aryl methyl sites for hydroxylation is 1. The van der Waals surface area contributed by atoms with Crippen LogP contribution in [0.25, 0.3) is 0 Å². The summed E-state index contributed by atoms with van der Waals surface area (Å²) in [6.45, 7) is 8.54. The Labute approximate surface area is 167 Å². The van der Waals surface area contributed by atoms with Gasteiger partial charge in [0.15, 0.2) is 4.34 Å². The van der Waals surface area contributed by atoms with Crippen LogP contribution in [0.1, 0.15) is 22.3 Å². The Morgan fingerprint density at radius 3 is 2.52 bits per heavy atom. The van der Waals surface area contributed by atoms with E-state index in [-0.39, 0.29) is 11.8 Å². The number of rotatable bonds is 6. The minimum atomic E-state index is -0.287. The first kappa shape index (κ1) is 19.8. The van der Waals surface area contributed by atoms with E-state index < -0.39 is 0 Å². The van der Waals surface area contributed by atoms with E-state index in [2.05, 4.69) is 27.3 Å². The highest BCUT2D eigenvalue weighted by Crippen LogP contribution is 2.23. The number of aromatic nitrogens is 2. The number of thioether (sulfide) groups is 1. The van der Waals surface area contributed by atoms with Gasteiger partial charge in [-0.1, -0.05) is 47.7 Å². The number of hydrogen-bond acceptors (Lipinski definition) is 7. The summed E-state index contributed by atoms with van der Waals surface area (Å²) in [5.41, 5.74) is 1.85. The lowest BCUT2D eigenvalue weighted by Gasteiger charge is -2.33. The van der Waals surface area contributed by atoms with Crippen LogP contribution in [0.4, 0.5) is 5.69 Å². The van der Waals surface area contributed by atoms with Crippen LogP contribution in [0.5, 0.6) is 0 Å². The zero-order valence-electron chi connectivity index (χ0n) is 15.5. The quantitative estimate of drug-likeness (QED) is 0.744. The third-order valence-electron chi connectivity index (χ3n) is 4.40. The SMILES string of the molecule is CCN1CCN(C(=O)CSc2nnc(C(=O)Nc3ccc(C)cc3)s2)CC1. The molecule has 144 valence electrons. The van der Waals surface area contributed by atoms with Gasteiger partial charge in [-0.25, -0.2) is 0 Å². The normalized spacial score (nSPS) is 15.0. The number of likely N-dealkylation sites (N-methyl/N-ethyl adjacent to an activating group) is 1. The van der Waals surface area contributed by atoms with E-state index in [0.29, 0.717) is 15.1 Å². The number of carbonyl (C=O) groups is 2. The van der Waals surface area contributed by atoms with Gasteiger partial charge in [-0.3, -0.25) is 9.59 Å². The Bertz CT molecular complexity index is 785. The molecule has 1 aromatic carbocycles. The topological polar surface area (TPSA) is 78.4 Å². The molecule has 1 fully saturated rings. The van der Waals surface area contributed by atoms with Crippen molar-refractivity contribution in [1.29, 1.82) is 0 Å². The van der Waals surface area contributed by atoms with Crippen LogP contribution < -0.4 is 5.32 Å². The van der Waals surface area contributed by atoms with Crippen LogP contribution in [0.2, 0.25) is 0 Å². The maximum Gasteiger partial charge on any atom is 0.286 e. The van der Waals surface area contributed by atoms with Crippen molar-refractivity contribution >= 4 is 40.6 Å². The number of anilines is 1. The standard InChI is InChI=1S/C18H23N5O2S2/c1-3-22-8-10-23(11-9-22)15(24)12-26-18-21-20-17(27-18)16(25)19-14-6-4-13(2)5-7-14/h4-7H,3,8-12H2,1-2H3,(H,19,25). The third kappa shape index (κ3) is 5.50. The number of carbonyl (C=O) groups excluding carboxylic acids is 2. The van der Waals surface area contributed by atoms with Gasteiger partial charge in [-0.05, 0) is 25.6 Å². The summed E-state index contributed by atoms with van der Waals surface area (Å²) in [7, 11) is 0. The molecule has 0 bridgehead atoms. The smallest absolute Gasteiger partial charge is 0.286 e. The van der Waals surface area contributed by atoms with Crippen LogP contribution in [0.15, 0.2) is 28.6 Å². The van der Waals surface area contributed by atoms with Gasteiger partial charge >= 0.3 is 0 Å². The Kier molecular flexibility index (Phi) is 6.81. The molecule has 0 saturated carbocycles. The molecular formula is C18H23N5O2S2. The molecule has 2 heterocycles. The van der Waals surface area contributed by atoms with Gasteiger partial charge in [-0.15, -0.1) is 10.2 Å². The lowest BCUT2D eigenvalue weighted by Crippen LogP contribution is -2.49. The molecule has 0 atom stereocenters. The fourth-order valence-corrected chi connectivity index (χ4v) is 4.36. The van der Waals surface area contributed by atoms with Gasteiger partial charge in [-0.2, -0.15) is 0 Å². The molecule has 1 aliphatic heterocycles. The summed E-state index contributed by atoms with van der Waals surface area (Å²) >= 11 is 2.54. The predicted octanol–water partition coefficient (Wildman–Crippen LogP) is 2.36. The van der Waals surface area contributed by atoms with Crippen molar-refractivity contribution in [2.24, 2.45) is 0 Å². The van der Waals surface area contributed by atoms with Crippen LogP contribution in [0.3, 0.4) is 0 Å². The van der Waals surface area contributed by atoms with Gasteiger partial charge in [0, 0.05) is 31.9 Å². The highest BCUT2D eigenvalue weighted by molar-refractivity contribution is 8.01. The van der Waals surface area contributed by atoms with Crippen molar-refractivity contribution in [2.45, 2.75) is 18.2 Å². The molecule has 1 N–H and O–H groups in total. The molecule has 7 nitrogen and oxygen atoms in total. The van der Waals surface area contributed by atoms with Crippen molar-refractivity contribution < 1.29 is 9.59 Å². The fraction of sp³-hybridized carbons (Fsp3) is 0.444. The molecule has 0 radical (unpaired) electrons. The highest BCUT2D eigenvalue weighted by atomic mass is 32.2. The summed E-state index contributed by atoms with van der Waals surface area (Å²) in [5.74, 6) is 0.141. The van der Waals surface area contributed by atoms with Gasteiger partial charge in [0.25, 0.3) is 5.91 Å². The first-order valence-electron chi connectivity index (χ1n) is 8.89. The maximum absolute atomic E-state index is 12.3. The van der Waals surface area contributed by atoms with E-state index in [4.69, 9.17) is 0 Å². The second-order valence-electron chi connectivity index (χ2n) is 6.30. The molecule has 2 aromatic rings. The number of benzene rings is 1. The van der Waals surface area contributed by atoms with Crippen LogP contribution in [0, 0.1) is 6.92 Å². The van der Waals surface area contributed by atoms with Gasteiger partial charge in [0.05, 0.1) is 5.75 Å². The zero-order chi connectivity index (χ0) is 19.2. The number of amides is 2. The molecule has 1 aliphatic rings. The number of nitrogens with one attached hydrogen (secondary N) is 1. The minimum absolute atomic E-state index is 0.108. The van der Waals surface area contributed by atoms with Crippen LogP contribution >= 0.6 is 23.1 Å². The van der Waals surface area contributed by atoms with Gasteiger partial charge in [0.1, 0.15) is 0 Å². The van der Waals surface area contributed by atoms with E-state index in [1.807, 2.05) is 36.1 Å². The molecule has 0 aliphatic carbocycles. The molecule has 1 saturated heterocycles. The average molecular weight is 406 g/mol. The summed E-state index contributed by atoms with van der Waals surface area (Å²) in [6, 6.07) is 7.56. The average Bonchev–Trinajstić information content (AvgIpc) is 3.17. The molecule has 0 unspecified atom stereocenters. The first-order chi connectivity index (χ1) is 13.0. The lowest BCUT2D eigenvalue weighted by atomic mass is 10.2. The van der Waals surface area contributed by atoms with E-state index in [0.717, 1.165) is 44.0 Å². The zero-order valence-corrected chi connectivity index (χ0v) is 17.1. The Morgan fingerprint density at radius 1 is 1.15 bits per heavy atom. The second-order valence-corrected chi connectivity index (χ2v) is 8.50. The Hall–Kier alpha value is -1.97. The molecule has 0 spiro atoms. The molecule has 2 amide bonds. The maximum atomic E-state index is 12.3. The summed E-state index contributed by atoms with van der Waals surface area (Å²) in [4.78, 5) is 28.8. The van der Waals surface area contributed by atoms with E-state index in [1.165, 1.54) is 23.1 Å². The summed E-state index contributed by atoms with van der Waals surface area (Å²) < 4.78 is 0.629. The van der Waals surface area contributed by atoms with Crippen molar-refractivity contribution in [2.75, 3.05) is 43.8 Å². The van der Waals surface area contributed by atoms with E-state index in [1.54, 1.807) is 0 Å². The summed E-state index contributed by atoms with van der Waals surface area (Å²) in [5, 5.41) is 11.1. The Balaban J connectivity index is 1.48. The Morgan fingerprint density at radius 2 is 1.85 bits per heavy atom. The first-order valence-corrected chi connectivity index (χ1v) is 10.7. The monoisotopic (exact) mass is 405 g/mol. The van der Waals surface area contributed by atoms with E-state index in [9.17, 15) is 9.59 Å². The minimum Gasteiger partial charge on any atom is -0.339 e. The predicted molar refractivity (Wildman–Crippen MR) is 108 cm³/mol. The molecular weight excluding hydrogens is 382 g/mol. The van der Waals surface area contributed by atoms with Crippen LogP contribution in [-0.2, 0) is 4.79 Å². The fourth-order valence-electron chi connectivity index (χ4n) is 2.71. The van der Waals surface area contributed by atoms with Gasteiger partial charge < -0.3 is 15.1 Å². The van der Waals surface area contributed by atoms with Crippen molar-refractivity contribution in [3.05, 3.63) is 34.8 Å². The van der Waals surface area contributed by atoms with Gasteiger partial charge in [0.2, 0.25) is 10.9 Å².